The zero-order valence-electron chi connectivity index (χ0n) is 11.3. The van der Waals surface area contributed by atoms with Crippen molar-refractivity contribution in [2.24, 2.45) is 5.73 Å². The van der Waals surface area contributed by atoms with E-state index in [4.69, 9.17) is 5.73 Å². The lowest BCUT2D eigenvalue weighted by Crippen LogP contribution is -2.31. The number of hydrogen-bond donors (Lipinski definition) is 1. The van der Waals surface area contributed by atoms with Crippen LogP contribution < -0.4 is 10.6 Å². The van der Waals surface area contributed by atoms with Gasteiger partial charge in [-0.15, -0.1) is 11.3 Å². The molecule has 2 rings (SSSR count). The first-order chi connectivity index (χ1) is 9.11. The van der Waals surface area contributed by atoms with Crippen LogP contribution in [0.5, 0.6) is 0 Å². The standard InChI is InChI=1S/C15H19FN2S/c1-11(8-14-4-3-7-19-14)18(2)15-6-5-13(16)9-12(15)10-17/h3-7,9,11H,8,10,17H2,1-2H3. The second kappa shape index (κ2) is 6.17. The molecule has 1 unspecified atom stereocenters. The minimum absolute atomic E-state index is 0.233. The van der Waals surface area contributed by atoms with Gasteiger partial charge < -0.3 is 10.6 Å². The van der Waals surface area contributed by atoms with Gasteiger partial charge in [0.25, 0.3) is 0 Å². The van der Waals surface area contributed by atoms with Crippen molar-refractivity contribution in [3.63, 3.8) is 0 Å². The quantitative estimate of drug-likeness (QED) is 0.908. The topological polar surface area (TPSA) is 29.3 Å². The minimum Gasteiger partial charge on any atom is -0.371 e. The lowest BCUT2D eigenvalue weighted by molar-refractivity contribution is 0.623. The lowest BCUT2D eigenvalue weighted by atomic mass is 10.1. The molecule has 2 aromatic rings. The van der Waals surface area contributed by atoms with E-state index in [0.717, 1.165) is 17.7 Å². The van der Waals surface area contributed by atoms with Crippen LogP contribution in [0.1, 0.15) is 17.4 Å². The number of nitrogens with two attached hydrogens (primary N) is 1. The van der Waals surface area contributed by atoms with E-state index in [2.05, 4.69) is 29.3 Å². The Labute approximate surface area is 117 Å². The van der Waals surface area contributed by atoms with Gasteiger partial charge in [-0.1, -0.05) is 6.07 Å². The van der Waals surface area contributed by atoms with Crippen LogP contribution in [-0.4, -0.2) is 13.1 Å². The molecule has 0 fully saturated rings. The Bertz CT molecular complexity index is 525. The number of nitrogens with zero attached hydrogens (tertiary/aromatic N) is 1. The molecule has 0 bridgehead atoms. The molecule has 0 saturated heterocycles. The van der Waals surface area contributed by atoms with Gasteiger partial charge in [0.15, 0.2) is 0 Å². The Kier molecular flexibility index (Phi) is 4.56. The van der Waals surface area contributed by atoms with Gasteiger partial charge in [-0.3, -0.25) is 0 Å². The molecule has 4 heteroatoms. The summed E-state index contributed by atoms with van der Waals surface area (Å²) in [6.45, 7) is 2.52. The fourth-order valence-electron chi connectivity index (χ4n) is 2.16. The number of rotatable bonds is 5. The highest BCUT2D eigenvalue weighted by molar-refractivity contribution is 7.09. The van der Waals surface area contributed by atoms with Crippen molar-refractivity contribution in [1.29, 1.82) is 0 Å². The molecule has 1 aromatic heterocycles. The average Bonchev–Trinajstić information content (AvgIpc) is 2.90. The van der Waals surface area contributed by atoms with Crippen LogP contribution in [0.2, 0.25) is 0 Å². The Morgan fingerprint density at radius 1 is 1.37 bits per heavy atom. The van der Waals surface area contributed by atoms with E-state index < -0.39 is 0 Å². The number of likely N-dealkylation sites (N-methyl/N-ethyl adjacent to an activating group) is 1. The summed E-state index contributed by atoms with van der Waals surface area (Å²) in [6, 6.07) is 9.36. The second-order valence-electron chi connectivity index (χ2n) is 4.72. The number of anilines is 1. The van der Waals surface area contributed by atoms with Crippen LogP contribution >= 0.6 is 11.3 Å². The third-order valence-corrected chi connectivity index (χ3v) is 4.28. The molecular weight excluding hydrogens is 259 g/mol. The van der Waals surface area contributed by atoms with Gasteiger partial charge in [0.1, 0.15) is 5.82 Å². The molecule has 0 aliphatic carbocycles. The summed E-state index contributed by atoms with van der Waals surface area (Å²) in [5, 5.41) is 2.09. The Hall–Kier alpha value is -1.39. The predicted molar refractivity (Wildman–Crippen MR) is 80.2 cm³/mol. The van der Waals surface area contributed by atoms with Gasteiger partial charge in [0.05, 0.1) is 0 Å². The van der Waals surface area contributed by atoms with Crippen molar-refractivity contribution in [1.82, 2.24) is 0 Å². The minimum atomic E-state index is -0.233. The van der Waals surface area contributed by atoms with Gasteiger partial charge in [-0.05, 0) is 42.1 Å². The smallest absolute Gasteiger partial charge is 0.123 e. The summed E-state index contributed by atoms with van der Waals surface area (Å²) in [5.41, 5.74) is 7.56. The zero-order chi connectivity index (χ0) is 13.8. The van der Waals surface area contributed by atoms with Crippen LogP contribution in [-0.2, 0) is 13.0 Å². The maximum absolute atomic E-state index is 13.2. The fraction of sp³-hybridized carbons (Fsp3) is 0.333. The number of halogens is 1. The summed E-state index contributed by atoms with van der Waals surface area (Å²) in [4.78, 5) is 3.53. The van der Waals surface area contributed by atoms with E-state index in [1.165, 1.54) is 17.0 Å². The van der Waals surface area contributed by atoms with Crippen LogP contribution in [0.15, 0.2) is 35.7 Å². The van der Waals surface area contributed by atoms with Crippen LogP contribution in [0.4, 0.5) is 10.1 Å². The van der Waals surface area contributed by atoms with Crippen molar-refractivity contribution in [2.75, 3.05) is 11.9 Å². The summed E-state index contributed by atoms with van der Waals surface area (Å²) < 4.78 is 13.2. The third kappa shape index (κ3) is 3.33. The predicted octanol–water partition coefficient (Wildman–Crippen LogP) is 3.41. The summed E-state index contributed by atoms with van der Waals surface area (Å²) in [5.74, 6) is -0.233. The van der Waals surface area contributed by atoms with Gasteiger partial charge in [-0.2, -0.15) is 0 Å². The Morgan fingerprint density at radius 2 is 2.16 bits per heavy atom. The molecule has 0 radical (unpaired) electrons. The summed E-state index contributed by atoms with van der Waals surface area (Å²) >= 11 is 1.76. The van der Waals surface area contributed by atoms with E-state index in [0.29, 0.717) is 12.6 Å². The van der Waals surface area contributed by atoms with E-state index in [1.807, 2.05) is 13.1 Å². The van der Waals surface area contributed by atoms with Gasteiger partial charge in [0, 0.05) is 36.6 Å². The number of thiophene rings is 1. The van der Waals surface area contributed by atoms with Crippen molar-refractivity contribution in [2.45, 2.75) is 25.9 Å². The van der Waals surface area contributed by atoms with E-state index in [1.54, 1.807) is 11.3 Å². The molecule has 2 N–H and O–H groups in total. The third-order valence-electron chi connectivity index (χ3n) is 3.38. The van der Waals surface area contributed by atoms with Crippen LogP contribution in [0.3, 0.4) is 0 Å². The second-order valence-corrected chi connectivity index (χ2v) is 5.75. The molecule has 1 aromatic carbocycles. The molecule has 102 valence electrons. The van der Waals surface area contributed by atoms with Gasteiger partial charge >= 0.3 is 0 Å². The maximum atomic E-state index is 13.2. The summed E-state index contributed by atoms with van der Waals surface area (Å²) in [7, 11) is 2.03. The molecule has 19 heavy (non-hydrogen) atoms. The van der Waals surface area contributed by atoms with E-state index >= 15 is 0 Å². The molecule has 2 nitrogen and oxygen atoms in total. The Morgan fingerprint density at radius 3 is 2.79 bits per heavy atom. The molecule has 1 heterocycles. The first kappa shape index (κ1) is 14.0. The molecule has 0 aliphatic heterocycles. The monoisotopic (exact) mass is 278 g/mol. The number of benzene rings is 1. The molecular formula is C15H19FN2S. The normalized spacial score (nSPS) is 12.4. The highest BCUT2D eigenvalue weighted by Gasteiger charge is 2.14. The molecule has 1 atom stereocenters. The number of hydrogen-bond acceptors (Lipinski definition) is 3. The summed E-state index contributed by atoms with van der Waals surface area (Å²) in [6.07, 6.45) is 0.982. The molecule has 0 amide bonds. The van der Waals surface area contributed by atoms with Crippen LogP contribution in [0.25, 0.3) is 0 Å². The van der Waals surface area contributed by atoms with E-state index in [-0.39, 0.29) is 5.82 Å². The highest BCUT2D eigenvalue weighted by atomic mass is 32.1. The Balaban J connectivity index is 2.16. The van der Waals surface area contributed by atoms with Gasteiger partial charge in [-0.25, -0.2) is 4.39 Å². The largest absolute Gasteiger partial charge is 0.371 e. The van der Waals surface area contributed by atoms with Crippen molar-refractivity contribution in [3.05, 3.63) is 52.0 Å². The van der Waals surface area contributed by atoms with Crippen LogP contribution in [0, 0.1) is 5.82 Å². The highest BCUT2D eigenvalue weighted by Crippen LogP contribution is 2.24. The van der Waals surface area contributed by atoms with Crippen molar-refractivity contribution >= 4 is 17.0 Å². The lowest BCUT2D eigenvalue weighted by Gasteiger charge is -2.28. The molecule has 0 saturated carbocycles. The zero-order valence-corrected chi connectivity index (χ0v) is 12.1. The maximum Gasteiger partial charge on any atom is 0.123 e. The van der Waals surface area contributed by atoms with E-state index in [9.17, 15) is 4.39 Å². The first-order valence-electron chi connectivity index (χ1n) is 6.35. The molecule has 0 spiro atoms. The fourth-order valence-corrected chi connectivity index (χ4v) is 2.98. The van der Waals surface area contributed by atoms with Crippen molar-refractivity contribution in [3.8, 4) is 0 Å². The molecule has 0 aliphatic rings. The average molecular weight is 278 g/mol. The SMILES string of the molecule is CC(Cc1cccs1)N(C)c1ccc(F)cc1CN. The first-order valence-corrected chi connectivity index (χ1v) is 7.23. The van der Waals surface area contributed by atoms with Gasteiger partial charge in [0.2, 0.25) is 0 Å². The van der Waals surface area contributed by atoms with Crippen molar-refractivity contribution < 1.29 is 4.39 Å².